The Morgan fingerprint density at radius 3 is 2.94 bits per heavy atom. The summed E-state index contributed by atoms with van der Waals surface area (Å²) < 4.78 is 1.06. The molecule has 1 saturated heterocycles. The number of hydrogen-bond acceptors (Lipinski definition) is 2. The van der Waals surface area contributed by atoms with Crippen LogP contribution in [-0.2, 0) is 4.79 Å². The number of anilines is 1. The third kappa shape index (κ3) is 3.56. The highest BCUT2D eigenvalue weighted by atomic mass is 127. The largest absolute Gasteiger partial charge is 0.323 e. The Morgan fingerprint density at radius 2 is 2.29 bits per heavy atom. The van der Waals surface area contributed by atoms with Gasteiger partial charge in [-0.1, -0.05) is 18.0 Å². The Labute approximate surface area is 119 Å². The Balaban J connectivity index is 2.02. The summed E-state index contributed by atoms with van der Waals surface area (Å²) in [5.74, 6) is 0.00723. The fourth-order valence-electron chi connectivity index (χ4n) is 1.89. The lowest BCUT2D eigenvalue weighted by Gasteiger charge is -2.22. The maximum absolute atomic E-state index is 12.0. The van der Waals surface area contributed by atoms with E-state index in [2.05, 4.69) is 33.2 Å². The van der Waals surface area contributed by atoms with Crippen molar-refractivity contribution in [3.8, 4) is 0 Å². The van der Waals surface area contributed by atoms with Gasteiger partial charge in [0.2, 0.25) is 5.91 Å². The number of piperidine rings is 1. The molecule has 1 aliphatic heterocycles. The van der Waals surface area contributed by atoms with E-state index in [4.69, 9.17) is 11.6 Å². The minimum Gasteiger partial charge on any atom is -0.323 e. The number of amides is 1. The van der Waals surface area contributed by atoms with Gasteiger partial charge in [-0.2, -0.15) is 0 Å². The monoisotopic (exact) mass is 364 g/mol. The van der Waals surface area contributed by atoms with E-state index in [-0.39, 0.29) is 11.9 Å². The van der Waals surface area contributed by atoms with E-state index in [1.807, 2.05) is 18.2 Å². The van der Waals surface area contributed by atoms with Crippen molar-refractivity contribution < 1.29 is 4.79 Å². The second-order valence-corrected chi connectivity index (χ2v) is 5.77. The van der Waals surface area contributed by atoms with E-state index in [1.54, 1.807) is 0 Å². The first-order valence-corrected chi connectivity index (χ1v) is 7.12. The van der Waals surface area contributed by atoms with Gasteiger partial charge in [-0.05, 0) is 60.2 Å². The molecule has 1 amide bonds. The summed E-state index contributed by atoms with van der Waals surface area (Å²) in [4.78, 5) is 12.0. The lowest BCUT2D eigenvalue weighted by atomic mass is 10.0. The number of hydrogen-bond donors (Lipinski definition) is 2. The van der Waals surface area contributed by atoms with Gasteiger partial charge >= 0.3 is 0 Å². The molecule has 1 atom stereocenters. The summed E-state index contributed by atoms with van der Waals surface area (Å²) in [5, 5.41) is 6.67. The summed E-state index contributed by atoms with van der Waals surface area (Å²) in [5.41, 5.74) is 0.685. The van der Waals surface area contributed by atoms with Crippen LogP contribution in [0, 0.1) is 3.57 Å². The number of benzene rings is 1. The van der Waals surface area contributed by atoms with Crippen LogP contribution in [0.15, 0.2) is 18.2 Å². The first-order chi connectivity index (χ1) is 8.16. The van der Waals surface area contributed by atoms with E-state index >= 15 is 0 Å². The molecule has 0 aromatic heterocycles. The van der Waals surface area contributed by atoms with E-state index in [1.165, 1.54) is 0 Å². The van der Waals surface area contributed by atoms with Crippen LogP contribution in [0.3, 0.4) is 0 Å². The Hall–Kier alpha value is -0.330. The molecule has 92 valence electrons. The molecule has 0 radical (unpaired) electrons. The molecule has 1 aromatic carbocycles. The topological polar surface area (TPSA) is 41.1 Å². The van der Waals surface area contributed by atoms with E-state index in [0.717, 1.165) is 29.4 Å². The predicted molar refractivity (Wildman–Crippen MR) is 78.4 cm³/mol. The molecular formula is C12H14ClIN2O. The maximum atomic E-state index is 12.0. The molecule has 0 unspecified atom stereocenters. The van der Waals surface area contributed by atoms with Crippen LogP contribution in [0.4, 0.5) is 5.69 Å². The summed E-state index contributed by atoms with van der Waals surface area (Å²) in [6.07, 6.45) is 3.15. The standard InChI is InChI=1S/C12H14ClIN2O/c13-9-7-8(14)4-5-10(9)16-12(17)11-3-1-2-6-15-11/h4-5,7,11,15H,1-3,6H2,(H,16,17)/t11-/m0/s1. The molecule has 0 spiro atoms. The zero-order valence-electron chi connectivity index (χ0n) is 9.30. The average Bonchev–Trinajstić information content (AvgIpc) is 2.34. The average molecular weight is 365 g/mol. The fourth-order valence-corrected chi connectivity index (χ4v) is 2.79. The van der Waals surface area contributed by atoms with Gasteiger partial charge in [0.15, 0.2) is 0 Å². The molecule has 0 aliphatic carbocycles. The van der Waals surface area contributed by atoms with Gasteiger partial charge in [-0.3, -0.25) is 4.79 Å². The van der Waals surface area contributed by atoms with E-state index in [9.17, 15) is 4.79 Å². The molecule has 2 rings (SSSR count). The van der Waals surface area contributed by atoms with Crippen molar-refractivity contribution in [1.29, 1.82) is 0 Å². The minimum atomic E-state index is -0.0842. The van der Waals surface area contributed by atoms with Crippen molar-refractivity contribution in [2.75, 3.05) is 11.9 Å². The van der Waals surface area contributed by atoms with Crippen molar-refractivity contribution in [1.82, 2.24) is 5.32 Å². The summed E-state index contributed by atoms with van der Waals surface area (Å²) >= 11 is 8.26. The zero-order chi connectivity index (χ0) is 12.3. The smallest absolute Gasteiger partial charge is 0.241 e. The quantitative estimate of drug-likeness (QED) is 0.792. The van der Waals surface area contributed by atoms with Gasteiger partial charge in [-0.15, -0.1) is 0 Å². The van der Waals surface area contributed by atoms with Gasteiger partial charge in [0.25, 0.3) is 0 Å². The molecule has 0 saturated carbocycles. The molecular weight excluding hydrogens is 351 g/mol. The lowest BCUT2D eigenvalue weighted by molar-refractivity contribution is -0.118. The second-order valence-electron chi connectivity index (χ2n) is 4.12. The molecule has 17 heavy (non-hydrogen) atoms. The van der Waals surface area contributed by atoms with Crippen molar-refractivity contribution in [3.63, 3.8) is 0 Å². The van der Waals surface area contributed by atoms with Crippen molar-refractivity contribution >= 4 is 45.8 Å². The highest BCUT2D eigenvalue weighted by Crippen LogP contribution is 2.24. The number of carbonyl (C=O) groups is 1. The van der Waals surface area contributed by atoms with Crippen LogP contribution in [-0.4, -0.2) is 18.5 Å². The molecule has 1 aromatic rings. The first kappa shape index (κ1) is 13.1. The molecule has 2 N–H and O–H groups in total. The maximum Gasteiger partial charge on any atom is 0.241 e. The van der Waals surface area contributed by atoms with Crippen molar-refractivity contribution in [2.45, 2.75) is 25.3 Å². The number of halogens is 2. The third-order valence-corrected chi connectivity index (χ3v) is 3.80. The van der Waals surface area contributed by atoms with Crippen LogP contribution >= 0.6 is 34.2 Å². The van der Waals surface area contributed by atoms with Crippen LogP contribution in [0.5, 0.6) is 0 Å². The van der Waals surface area contributed by atoms with Gasteiger partial charge in [0.05, 0.1) is 16.8 Å². The molecule has 1 aliphatic rings. The van der Waals surface area contributed by atoms with Gasteiger partial charge in [0, 0.05) is 3.57 Å². The van der Waals surface area contributed by atoms with Crippen LogP contribution in [0.1, 0.15) is 19.3 Å². The Bertz CT molecular complexity index is 419. The summed E-state index contributed by atoms with van der Waals surface area (Å²) in [7, 11) is 0. The molecule has 5 heteroatoms. The second kappa shape index (κ2) is 6.02. The highest BCUT2D eigenvalue weighted by molar-refractivity contribution is 14.1. The van der Waals surface area contributed by atoms with E-state index in [0.29, 0.717) is 10.7 Å². The summed E-state index contributed by atoms with van der Waals surface area (Å²) in [6, 6.07) is 5.52. The molecule has 0 bridgehead atoms. The normalized spacial score (nSPS) is 20.0. The predicted octanol–water partition coefficient (Wildman–Crippen LogP) is 3.03. The summed E-state index contributed by atoms with van der Waals surface area (Å²) in [6.45, 7) is 0.915. The number of nitrogens with one attached hydrogen (secondary N) is 2. The SMILES string of the molecule is O=C(Nc1ccc(I)cc1Cl)[C@@H]1CCCCN1. The minimum absolute atomic E-state index is 0.00723. The number of rotatable bonds is 2. The highest BCUT2D eigenvalue weighted by Gasteiger charge is 2.20. The zero-order valence-corrected chi connectivity index (χ0v) is 12.2. The van der Waals surface area contributed by atoms with Crippen LogP contribution in [0.2, 0.25) is 5.02 Å². The van der Waals surface area contributed by atoms with Gasteiger partial charge in [0.1, 0.15) is 0 Å². The number of carbonyl (C=O) groups excluding carboxylic acids is 1. The van der Waals surface area contributed by atoms with E-state index < -0.39 is 0 Å². The fraction of sp³-hybridized carbons (Fsp3) is 0.417. The van der Waals surface area contributed by atoms with Crippen molar-refractivity contribution in [2.24, 2.45) is 0 Å². The third-order valence-electron chi connectivity index (χ3n) is 2.82. The van der Waals surface area contributed by atoms with Gasteiger partial charge < -0.3 is 10.6 Å². The first-order valence-electron chi connectivity index (χ1n) is 5.66. The van der Waals surface area contributed by atoms with Crippen LogP contribution in [0.25, 0.3) is 0 Å². The molecule has 1 fully saturated rings. The Morgan fingerprint density at radius 1 is 1.47 bits per heavy atom. The van der Waals surface area contributed by atoms with Crippen LogP contribution < -0.4 is 10.6 Å². The lowest BCUT2D eigenvalue weighted by Crippen LogP contribution is -2.43. The molecule has 1 heterocycles. The van der Waals surface area contributed by atoms with Gasteiger partial charge in [-0.25, -0.2) is 0 Å². The Kier molecular flexibility index (Phi) is 4.64. The van der Waals surface area contributed by atoms with Crippen molar-refractivity contribution in [3.05, 3.63) is 26.8 Å². The molecule has 3 nitrogen and oxygen atoms in total.